The van der Waals surface area contributed by atoms with Gasteiger partial charge in [-0.1, -0.05) is 6.07 Å². The third-order valence-corrected chi connectivity index (χ3v) is 5.70. The van der Waals surface area contributed by atoms with E-state index in [9.17, 15) is 8.42 Å². The Labute approximate surface area is 123 Å². The zero-order valence-corrected chi connectivity index (χ0v) is 13.0. The summed E-state index contributed by atoms with van der Waals surface area (Å²) in [5.41, 5.74) is 5.50. The first-order valence-corrected chi connectivity index (χ1v) is 8.49. The summed E-state index contributed by atoms with van der Waals surface area (Å²) in [5, 5.41) is 1.94. The van der Waals surface area contributed by atoms with Crippen molar-refractivity contribution in [2.45, 2.75) is 31.3 Å². The van der Waals surface area contributed by atoms with E-state index in [1.807, 2.05) is 31.4 Å². The average Bonchev–Trinajstić information content (AvgIpc) is 2.89. The van der Waals surface area contributed by atoms with E-state index in [1.165, 1.54) is 22.6 Å². The minimum atomic E-state index is -3.57. The summed E-state index contributed by atoms with van der Waals surface area (Å²) in [4.78, 5) is 5.03. The van der Waals surface area contributed by atoms with E-state index < -0.39 is 10.0 Å². The molecule has 0 saturated carbocycles. The fourth-order valence-corrected chi connectivity index (χ4v) is 4.13. The van der Waals surface area contributed by atoms with Gasteiger partial charge in [-0.25, -0.2) is 13.4 Å². The Morgan fingerprint density at radius 2 is 2.10 bits per heavy atom. The van der Waals surface area contributed by atoms with Gasteiger partial charge in [-0.2, -0.15) is 4.31 Å². The first kappa shape index (κ1) is 15.0. The second kappa shape index (κ2) is 5.90. The number of hydrogen-bond acceptors (Lipinski definition) is 5. The molecule has 0 bridgehead atoms. The second-order valence-corrected chi connectivity index (χ2v) is 7.56. The van der Waals surface area contributed by atoms with Gasteiger partial charge < -0.3 is 5.73 Å². The number of aromatic nitrogens is 1. The second-order valence-electron chi connectivity index (χ2n) is 4.64. The van der Waals surface area contributed by atoms with Crippen LogP contribution in [0.25, 0.3) is 0 Å². The van der Waals surface area contributed by atoms with Gasteiger partial charge in [0.1, 0.15) is 10.7 Å². The summed E-state index contributed by atoms with van der Waals surface area (Å²) in [6, 6.07) is 6.68. The van der Waals surface area contributed by atoms with Crippen LogP contribution >= 0.6 is 11.3 Å². The number of rotatable bonds is 5. The Kier molecular flexibility index (Phi) is 4.42. The standard InChI is InChI=1S/C13H17N3O2S2/c1-10(2)16(9-11-4-3-7-19-11)20(17,18)12-5-6-13(14)15-8-12/h3-8,10H,9H2,1-2H3,(H2,14,15). The van der Waals surface area contributed by atoms with Crippen LogP contribution in [0.15, 0.2) is 40.7 Å². The van der Waals surface area contributed by atoms with Gasteiger partial charge in [-0.05, 0) is 37.4 Å². The number of pyridine rings is 1. The summed E-state index contributed by atoms with van der Waals surface area (Å²) in [6.45, 7) is 4.08. The number of nitrogens with two attached hydrogens (primary N) is 1. The molecule has 0 aliphatic heterocycles. The van der Waals surface area contributed by atoms with Crippen LogP contribution in [0.2, 0.25) is 0 Å². The van der Waals surface area contributed by atoms with Gasteiger partial charge in [0.25, 0.3) is 0 Å². The SMILES string of the molecule is CC(C)N(Cc1cccs1)S(=O)(=O)c1ccc(N)nc1. The van der Waals surface area contributed by atoms with Crippen LogP contribution < -0.4 is 5.73 Å². The molecule has 2 N–H and O–H groups in total. The average molecular weight is 311 g/mol. The van der Waals surface area contributed by atoms with Gasteiger partial charge in [-0.3, -0.25) is 0 Å². The first-order valence-electron chi connectivity index (χ1n) is 6.17. The van der Waals surface area contributed by atoms with E-state index in [0.29, 0.717) is 12.4 Å². The van der Waals surface area contributed by atoms with Crippen LogP contribution in [0.5, 0.6) is 0 Å². The summed E-state index contributed by atoms with van der Waals surface area (Å²) in [5.74, 6) is 0.304. The number of thiophene rings is 1. The summed E-state index contributed by atoms with van der Waals surface area (Å²) >= 11 is 1.54. The minimum absolute atomic E-state index is 0.139. The quantitative estimate of drug-likeness (QED) is 0.919. The van der Waals surface area contributed by atoms with Crippen molar-refractivity contribution in [1.29, 1.82) is 0 Å². The van der Waals surface area contributed by atoms with Crippen LogP contribution in [-0.2, 0) is 16.6 Å². The van der Waals surface area contributed by atoms with Crippen LogP contribution in [0.4, 0.5) is 5.82 Å². The lowest BCUT2D eigenvalue weighted by molar-refractivity contribution is 0.350. The zero-order valence-electron chi connectivity index (χ0n) is 11.4. The van der Waals surface area contributed by atoms with Crippen molar-refractivity contribution in [2.75, 3.05) is 5.73 Å². The van der Waals surface area contributed by atoms with Crippen molar-refractivity contribution in [2.24, 2.45) is 0 Å². The highest BCUT2D eigenvalue weighted by Gasteiger charge is 2.27. The minimum Gasteiger partial charge on any atom is -0.384 e. The molecule has 5 nitrogen and oxygen atoms in total. The molecule has 2 rings (SSSR count). The van der Waals surface area contributed by atoms with Crippen LogP contribution in [-0.4, -0.2) is 23.7 Å². The van der Waals surface area contributed by atoms with Crippen molar-refractivity contribution in [3.8, 4) is 0 Å². The van der Waals surface area contributed by atoms with Crippen LogP contribution in [0.1, 0.15) is 18.7 Å². The molecule has 20 heavy (non-hydrogen) atoms. The summed E-state index contributed by atoms with van der Waals surface area (Å²) in [6.07, 6.45) is 1.30. The van der Waals surface area contributed by atoms with E-state index >= 15 is 0 Å². The van der Waals surface area contributed by atoms with E-state index in [-0.39, 0.29) is 10.9 Å². The fraction of sp³-hybridized carbons (Fsp3) is 0.308. The molecule has 0 spiro atoms. The van der Waals surface area contributed by atoms with E-state index in [1.54, 1.807) is 11.3 Å². The smallest absolute Gasteiger partial charge is 0.245 e. The normalized spacial score (nSPS) is 12.2. The molecular weight excluding hydrogens is 294 g/mol. The lowest BCUT2D eigenvalue weighted by atomic mass is 10.4. The van der Waals surface area contributed by atoms with E-state index in [0.717, 1.165) is 4.88 Å². The van der Waals surface area contributed by atoms with Gasteiger partial charge >= 0.3 is 0 Å². The van der Waals surface area contributed by atoms with Gasteiger partial charge in [0, 0.05) is 23.7 Å². The predicted octanol–water partition coefficient (Wildman–Crippen LogP) is 2.32. The molecule has 0 radical (unpaired) electrons. The molecule has 0 aliphatic rings. The predicted molar refractivity (Wildman–Crippen MR) is 80.8 cm³/mol. The van der Waals surface area contributed by atoms with E-state index in [4.69, 9.17) is 5.73 Å². The lowest BCUT2D eigenvalue weighted by Gasteiger charge is -2.25. The molecule has 0 saturated heterocycles. The molecule has 108 valence electrons. The topological polar surface area (TPSA) is 76.3 Å². The number of nitrogens with zero attached hydrogens (tertiary/aromatic N) is 2. The number of hydrogen-bond donors (Lipinski definition) is 1. The molecule has 0 fully saturated rings. The largest absolute Gasteiger partial charge is 0.384 e. The Hall–Kier alpha value is -1.44. The summed E-state index contributed by atoms with van der Waals surface area (Å²) in [7, 11) is -3.57. The maximum absolute atomic E-state index is 12.7. The Morgan fingerprint density at radius 3 is 2.60 bits per heavy atom. The highest BCUT2D eigenvalue weighted by molar-refractivity contribution is 7.89. The van der Waals surface area contributed by atoms with Crippen molar-refractivity contribution in [1.82, 2.24) is 9.29 Å². The highest BCUT2D eigenvalue weighted by Crippen LogP contribution is 2.22. The lowest BCUT2D eigenvalue weighted by Crippen LogP contribution is -2.36. The Balaban J connectivity index is 2.34. The molecule has 7 heteroatoms. The zero-order chi connectivity index (χ0) is 14.8. The molecule has 2 aromatic rings. The van der Waals surface area contributed by atoms with Crippen molar-refractivity contribution in [3.05, 3.63) is 40.7 Å². The van der Waals surface area contributed by atoms with Gasteiger partial charge in [0.2, 0.25) is 10.0 Å². The van der Waals surface area contributed by atoms with Gasteiger partial charge in [-0.15, -0.1) is 11.3 Å². The van der Waals surface area contributed by atoms with Gasteiger partial charge in [0.15, 0.2) is 0 Å². The molecular formula is C13H17N3O2S2. The molecule has 0 atom stereocenters. The van der Waals surface area contributed by atoms with Crippen molar-refractivity contribution in [3.63, 3.8) is 0 Å². The Bertz CT molecular complexity index is 649. The maximum atomic E-state index is 12.7. The number of sulfonamides is 1. The highest BCUT2D eigenvalue weighted by atomic mass is 32.2. The van der Waals surface area contributed by atoms with Crippen molar-refractivity contribution >= 4 is 27.2 Å². The maximum Gasteiger partial charge on any atom is 0.245 e. The third-order valence-electron chi connectivity index (χ3n) is 2.83. The molecule has 2 heterocycles. The van der Waals surface area contributed by atoms with Crippen LogP contribution in [0, 0.1) is 0 Å². The monoisotopic (exact) mass is 311 g/mol. The molecule has 0 aromatic carbocycles. The fourth-order valence-electron chi connectivity index (χ4n) is 1.78. The molecule has 0 aliphatic carbocycles. The van der Waals surface area contributed by atoms with Crippen molar-refractivity contribution < 1.29 is 8.42 Å². The third kappa shape index (κ3) is 3.17. The molecule has 2 aromatic heterocycles. The van der Waals surface area contributed by atoms with E-state index in [2.05, 4.69) is 4.98 Å². The van der Waals surface area contributed by atoms with Crippen LogP contribution in [0.3, 0.4) is 0 Å². The summed E-state index contributed by atoms with van der Waals surface area (Å²) < 4.78 is 26.8. The number of nitrogen functional groups attached to an aromatic ring is 1. The first-order chi connectivity index (χ1) is 9.41. The van der Waals surface area contributed by atoms with Gasteiger partial charge in [0.05, 0.1) is 0 Å². The molecule has 0 amide bonds. The molecule has 0 unspecified atom stereocenters. The Morgan fingerprint density at radius 1 is 1.35 bits per heavy atom. The number of anilines is 1.